The van der Waals surface area contributed by atoms with Crippen LogP contribution in [0.3, 0.4) is 0 Å². The molecule has 2 aromatic heterocycles. The zero-order chi connectivity index (χ0) is 28.7. The maximum atomic E-state index is 14.5. The molecular formula is C29H30FN7O4. The van der Waals surface area contributed by atoms with Crippen molar-refractivity contribution in [1.82, 2.24) is 30.1 Å². The molecule has 1 atom stereocenters. The van der Waals surface area contributed by atoms with E-state index in [2.05, 4.69) is 36.9 Å². The summed E-state index contributed by atoms with van der Waals surface area (Å²) in [7, 11) is 0. The normalized spacial score (nSPS) is 17.6. The van der Waals surface area contributed by atoms with Gasteiger partial charge < -0.3 is 9.64 Å². The molecule has 2 aliphatic heterocycles. The van der Waals surface area contributed by atoms with E-state index in [9.17, 15) is 14.0 Å². The highest BCUT2D eigenvalue weighted by Gasteiger charge is 2.36. The van der Waals surface area contributed by atoms with Crippen LogP contribution in [0.25, 0.3) is 22.3 Å². The van der Waals surface area contributed by atoms with Gasteiger partial charge in [0, 0.05) is 49.7 Å². The molecule has 4 heterocycles. The van der Waals surface area contributed by atoms with Crippen molar-refractivity contribution in [3.63, 3.8) is 0 Å². The Morgan fingerprint density at radius 2 is 1.83 bits per heavy atom. The topological polar surface area (TPSA) is 117 Å². The Morgan fingerprint density at radius 1 is 1.07 bits per heavy atom. The van der Waals surface area contributed by atoms with Gasteiger partial charge in [0.1, 0.15) is 17.8 Å². The van der Waals surface area contributed by atoms with Crippen molar-refractivity contribution in [2.24, 2.45) is 0 Å². The van der Waals surface area contributed by atoms with Gasteiger partial charge in [-0.25, -0.2) is 14.4 Å². The van der Waals surface area contributed by atoms with Crippen molar-refractivity contribution in [2.75, 3.05) is 37.7 Å². The van der Waals surface area contributed by atoms with E-state index in [1.807, 2.05) is 19.9 Å². The van der Waals surface area contributed by atoms with Crippen LogP contribution in [-0.2, 0) is 4.84 Å². The number of hydroxylamine groups is 2. The number of amides is 2. The Bertz CT molecular complexity index is 1590. The highest BCUT2D eigenvalue weighted by atomic mass is 19.1. The van der Waals surface area contributed by atoms with E-state index in [4.69, 9.17) is 9.57 Å². The van der Waals surface area contributed by atoms with Crippen LogP contribution in [0.5, 0.6) is 5.75 Å². The highest BCUT2D eigenvalue weighted by molar-refractivity contribution is 6.20. The van der Waals surface area contributed by atoms with Gasteiger partial charge >= 0.3 is 0 Å². The van der Waals surface area contributed by atoms with E-state index in [0.29, 0.717) is 53.1 Å². The number of halogens is 1. The summed E-state index contributed by atoms with van der Waals surface area (Å²) >= 11 is 0. The Hall–Kier alpha value is -4.42. The van der Waals surface area contributed by atoms with Gasteiger partial charge in [-0.15, -0.1) is 5.06 Å². The molecule has 0 bridgehead atoms. The lowest BCUT2D eigenvalue weighted by Crippen LogP contribution is -2.53. The average molecular weight is 560 g/mol. The molecule has 6 rings (SSSR count). The van der Waals surface area contributed by atoms with Gasteiger partial charge in [-0.2, -0.15) is 5.10 Å². The first-order valence-electron chi connectivity index (χ1n) is 13.6. The number of rotatable bonds is 8. The van der Waals surface area contributed by atoms with Gasteiger partial charge in [0.2, 0.25) is 0 Å². The Morgan fingerprint density at radius 3 is 2.54 bits per heavy atom. The Kier molecular flexibility index (Phi) is 7.10. The maximum Gasteiger partial charge on any atom is 0.285 e. The standard InChI is InChI=1S/C29H30FN7O4/c1-17(2)41-25-12-21-23(13-22(25)30)33-34-27(21)24-14-26(32-16-31-24)36-9-8-35(18(3)15-36)10-11-40-37-28(38)19-6-4-5-7-20(19)29(37)39/h4-7,12-14,16-18H,8-11,15H2,1-3H3,(H,33,34)/t18-/m0/s1. The van der Waals surface area contributed by atoms with E-state index in [1.54, 1.807) is 30.3 Å². The first-order valence-corrected chi connectivity index (χ1v) is 13.6. The molecule has 2 aromatic carbocycles. The second-order valence-electron chi connectivity index (χ2n) is 10.4. The molecule has 1 saturated heterocycles. The molecule has 0 unspecified atom stereocenters. The number of benzene rings is 2. The van der Waals surface area contributed by atoms with Gasteiger partial charge in [-0.1, -0.05) is 12.1 Å². The minimum absolute atomic E-state index is 0.165. The summed E-state index contributed by atoms with van der Waals surface area (Å²) in [5, 5.41) is 8.86. The molecule has 2 aliphatic rings. The van der Waals surface area contributed by atoms with E-state index in [-0.39, 0.29) is 24.5 Å². The molecule has 0 spiro atoms. The summed E-state index contributed by atoms with van der Waals surface area (Å²) < 4.78 is 20.1. The smallest absolute Gasteiger partial charge is 0.285 e. The van der Waals surface area contributed by atoms with E-state index in [1.165, 1.54) is 12.4 Å². The van der Waals surface area contributed by atoms with Crippen LogP contribution in [-0.4, -0.2) is 86.9 Å². The lowest BCUT2D eigenvalue weighted by molar-refractivity contribution is -0.0973. The number of anilines is 1. The molecule has 4 aromatic rings. The van der Waals surface area contributed by atoms with Crippen molar-refractivity contribution in [2.45, 2.75) is 32.9 Å². The van der Waals surface area contributed by atoms with Crippen LogP contribution in [0, 0.1) is 5.82 Å². The van der Waals surface area contributed by atoms with Crippen molar-refractivity contribution in [3.05, 3.63) is 65.7 Å². The summed E-state index contributed by atoms with van der Waals surface area (Å²) in [4.78, 5) is 44.1. The number of carbonyl (C=O) groups excluding carboxylic acids is 2. The SMILES string of the molecule is CC(C)Oc1cc2c(-c3cc(N4CCN(CCON5C(=O)c6ccccc6C5=O)[C@@H](C)C4)ncn3)n[nH]c2cc1F. The number of aromatic amines is 1. The first-order chi connectivity index (χ1) is 19.8. The van der Waals surface area contributed by atoms with Crippen LogP contribution >= 0.6 is 0 Å². The Labute approximate surface area is 235 Å². The number of hydrogen-bond donors (Lipinski definition) is 1. The molecule has 212 valence electrons. The summed E-state index contributed by atoms with van der Waals surface area (Å²) in [6.07, 6.45) is 1.34. The number of carbonyl (C=O) groups is 2. The molecule has 11 nitrogen and oxygen atoms in total. The van der Waals surface area contributed by atoms with E-state index >= 15 is 0 Å². The third-order valence-electron chi connectivity index (χ3n) is 7.32. The number of fused-ring (bicyclic) bond motifs is 2. The number of aromatic nitrogens is 4. The number of hydrogen-bond acceptors (Lipinski definition) is 9. The van der Waals surface area contributed by atoms with E-state index in [0.717, 1.165) is 17.4 Å². The zero-order valence-electron chi connectivity index (χ0n) is 23.0. The minimum Gasteiger partial charge on any atom is -0.488 e. The summed E-state index contributed by atoms with van der Waals surface area (Å²) in [6, 6.07) is 11.8. The lowest BCUT2D eigenvalue weighted by atomic mass is 10.1. The third kappa shape index (κ3) is 5.11. The zero-order valence-corrected chi connectivity index (χ0v) is 23.0. The lowest BCUT2D eigenvalue weighted by Gasteiger charge is -2.40. The number of nitrogens with one attached hydrogen (secondary N) is 1. The molecule has 0 radical (unpaired) electrons. The van der Waals surface area contributed by atoms with Crippen molar-refractivity contribution < 1.29 is 23.6 Å². The number of nitrogens with zero attached hydrogens (tertiary/aromatic N) is 6. The van der Waals surface area contributed by atoms with Crippen molar-refractivity contribution >= 4 is 28.5 Å². The second-order valence-corrected chi connectivity index (χ2v) is 10.4. The quantitative estimate of drug-likeness (QED) is 0.323. The second kappa shape index (κ2) is 10.9. The van der Waals surface area contributed by atoms with Crippen LogP contribution in [0.4, 0.5) is 10.2 Å². The molecule has 1 fully saturated rings. The fraction of sp³-hybridized carbons (Fsp3) is 0.345. The molecule has 2 amide bonds. The molecule has 41 heavy (non-hydrogen) atoms. The van der Waals surface area contributed by atoms with Crippen molar-refractivity contribution in [1.29, 1.82) is 0 Å². The van der Waals surface area contributed by atoms with Crippen LogP contribution < -0.4 is 9.64 Å². The summed E-state index contributed by atoms with van der Waals surface area (Å²) in [6.45, 7) is 8.75. The molecule has 0 aliphatic carbocycles. The molecule has 12 heteroatoms. The Balaban J connectivity index is 1.10. The average Bonchev–Trinajstić information content (AvgIpc) is 3.47. The van der Waals surface area contributed by atoms with Gasteiger partial charge in [-0.05, 0) is 39.0 Å². The van der Waals surface area contributed by atoms with Gasteiger partial charge in [0.05, 0.1) is 35.0 Å². The predicted octanol–water partition coefficient (Wildman–Crippen LogP) is 3.68. The van der Waals surface area contributed by atoms with Gasteiger partial charge in [0.25, 0.3) is 11.8 Å². The van der Waals surface area contributed by atoms with Crippen LogP contribution in [0.1, 0.15) is 41.5 Å². The van der Waals surface area contributed by atoms with Gasteiger partial charge in [0.15, 0.2) is 11.6 Å². The number of imide groups is 1. The molecule has 0 saturated carbocycles. The predicted molar refractivity (Wildman–Crippen MR) is 149 cm³/mol. The largest absolute Gasteiger partial charge is 0.488 e. The van der Waals surface area contributed by atoms with Crippen molar-refractivity contribution in [3.8, 4) is 17.1 Å². The molecule has 1 N–H and O–H groups in total. The monoisotopic (exact) mass is 559 g/mol. The number of H-pyrrole nitrogens is 1. The van der Waals surface area contributed by atoms with Gasteiger partial charge in [-0.3, -0.25) is 24.4 Å². The maximum absolute atomic E-state index is 14.5. The summed E-state index contributed by atoms with van der Waals surface area (Å²) in [5.74, 6) is -0.379. The number of piperazine rings is 1. The van der Waals surface area contributed by atoms with E-state index < -0.39 is 17.6 Å². The third-order valence-corrected chi connectivity index (χ3v) is 7.32. The minimum atomic E-state index is -0.453. The number of ether oxygens (including phenoxy) is 1. The fourth-order valence-electron chi connectivity index (χ4n) is 5.28. The molecular weight excluding hydrogens is 529 g/mol. The van der Waals surface area contributed by atoms with Crippen LogP contribution in [0.2, 0.25) is 0 Å². The highest BCUT2D eigenvalue weighted by Crippen LogP contribution is 2.32. The van der Waals surface area contributed by atoms with Crippen LogP contribution in [0.15, 0.2) is 48.8 Å². The summed E-state index contributed by atoms with van der Waals surface area (Å²) in [5.41, 5.74) is 2.49. The fourth-order valence-corrected chi connectivity index (χ4v) is 5.28. The first kappa shape index (κ1) is 26.8.